The second-order valence-electron chi connectivity index (χ2n) is 6.58. The van der Waals surface area contributed by atoms with E-state index in [4.69, 9.17) is 4.74 Å². The first-order chi connectivity index (χ1) is 13.8. The van der Waals surface area contributed by atoms with Gasteiger partial charge in [0.1, 0.15) is 5.75 Å². The number of anilines is 2. The average molecular weight is 410 g/mol. The molecule has 6 nitrogen and oxygen atoms in total. The Morgan fingerprint density at radius 1 is 0.897 bits per heavy atom. The number of amides is 1. The minimum atomic E-state index is -3.71. The van der Waals surface area contributed by atoms with Crippen LogP contribution in [-0.2, 0) is 10.0 Å². The molecule has 0 spiro atoms. The van der Waals surface area contributed by atoms with Gasteiger partial charge in [0, 0.05) is 11.3 Å². The van der Waals surface area contributed by atoms with Gasteiger partial charge in [-0.3, -0.25) is 9.52 Å². The molecular formula is C22H22N2O4S. The Balaban J connectivity index is 1.74. The number of carbonyl (C=O) groups is 1. The smallest absolute Gasteiger partial charge is 0.261 e. The number of hydrogen-bond donors (Lipinski definition) is 2. The van der Waals surface area contributed by atoms with Crippen molar-refractivity contribution in [1.82, 2.24) is 0 Å². The summed E-state index contributed by atoms with van der Waals surface area (Å²) in [6, 6.07) is 18.3. The molecule has 0 atom stereocenters. The number of ether oxygens (including phenoxy) is 1. The summed E-state index contributed by atoms with van der Waals surface area (Å²) in [5.41, 5.74) is 3.24. The second-order valence-corrected chi connectivity index (χ2v) is 8.27. The number of hydrogen-bond acceptors (Lipinski definition) is 4. The Labute approximate surface area is 170 Å². The fraction of sp³-hybridized carbons (Fsp3) is 0.136. The lowest BCUT2D eigenvalue weighted by molar-refractivity contribution is 0.102. The molecule has 0 aromatic heterocycles. The quantitative estimate of drug-likeness (QED) is 0.632. The molecule has 1 amide bonds. The predicted octanol–water partition coefficient (Wildman–Crippen LogP) is 4.37. The maximum absolute atomic E-state index is 12.6. The third-order valence-corrected chi connectivity index (χ3v) is 5.92. The van der Waals surface area contributed by atoms with Gasteiger partial charge in [-0.1, -0.05) is 18.2 Å². The van der Waals surface area contributed by atoms with E-state index in [1.165, 1.54) is 7.11 Å². The van der Waals surface area contributed by atoms with E-state index in [0.717, 1.165) is 11.1 Å². The molecule has 0 fully saturated rings. The van der Waals surface area contributed by atoms with Crippen LogP contribution in [-0.4, -0.2) is 21.4 Å². The van der Waals surface area contributed by atoms with Crippen molar-refractivity contribution in [3.05, 3.63) is 83.4 Å². The molecule has 0 bridgehead atoms. The molecule has 0 aliphatic heterocycles. The topological polar surface area (TPSA) is 84.5 Å². The number of carbonyl (C=O) groups excluding carboxylic acids is 1. The molecule has 7 heteroatoms. The zero-order valence-electron chi connectivity index (χ0n) is 16.4. The summed E-state index contributed by atoms with van der Waals surface area (Å²) in [6.45, 7) is 3.79. The Morgan fingerprint density at radius 3 is 2.24 bits per heavy atom. The Bertz CT molecular complexity index is 1140. The van der Waals surface area contributed by atoms with E-state index in [2.05, 4.69) is 10.0 Å². The number of aryl methyl sites for hydroxylation is 2. The first-order valence-corrected chi connectivity index (χ1v) is 10.4. The van der Waals surface area contributed by atoms with Crippen molar-refractivity contribution in [2.45, 2.75) is 18.7 Å². The van der Waals surface area contributed by atoms with E-state index in [1.807, 2.05) is 19.9 Å². The van der Waals surface area contributed by atoms with Gasteiger partial charge >= 0.3 is 0 Å². The van der Waals surface area contributed by atoms with Crippen molar-refractivity contribution >= 4 is 27.3 Å². The number of para-hydroxylation sites is 2. The van der Waals surface area contributed by atoms with Gasteiger partial charge < -0.3 is 10.1 Å². The first kappa shape index (κ1) is 20.4. The highest BCUT2D eigenvalue weighted by molar-refractivity contribution is 7.92. The highest BCUT2D eigenvalue weighted by Crippen LogP contribution is 2.24. The summed E-state index contributed by atoms with van der Waals surface area (Å²) in [6.07, 6.45) is 0. The van der Waals surface area contributed by atoms with Gasteiger partial charge in [0.05, 0.1) is 17.7 Å². The second kappa shape index (κ2) is 8.36. The van der Waals surface area contributed by atoms with Crippen molar-refractivity contribution in [1.29, 1.82) is 0 Å². The lowest BCUT2D eigenvalue weighted by Gasteiger charge is -2.11. The summed E-state index contributed by atoms with van der Waals surface area (Å²) in [4.78, 5) is 12.7. The van der Waals surface area contributed by atoms with E-state index in [0.29, 0.717) is 22.7 Å². The molecule has 3 rings (SSSR count). The molecule has 0 heterocycles. The third-order valence-electron chi connectivity index (χ3n) is 4.54. The summed E-state index contributed by atoms with van der Waals surface area (Å²) in [7, 11) is -2.18. The molecule has 29 heavy (non-hydrogen) atoms. The monoisotopic (exact) mass is 410 g/mol. The van der Waals surface area contributed by atoms with Crippen LogP contribution in [0.1, 0.15) is 21.5 Å². The van der Waals surface area contributed by atoms with Gasteiger partial charge in [-0.2, -0.15) is 0 Å². The molecule has 3 aromatic rings. The number of methoxy groups -OCH3 is 1. The molecule has 3 aromatic carbocycles. The first-order valence-electron chi connectivity index (χ1n) is 8.94. The normalized spacial score (nSPS) is 11.0. The van der Waals surface area contributed by atoms with Crippen molar-refractivity contribution < 1.29 is 17.9 Å². The molecule has 0 aliphatic rings. The van der Waals surface area contributed by atoms with Crippen LogP contribution in [0.2, 0.25) is 0 Å². The number of rotatable bonds is 6. The van der Waals surface area contributed by atoms with Crippen LogP contribution in [0.15, 0.2) is 71.6 Å². The van der Waals surface area contributed by atoms with Gasteiger partial charge in [-0.15, -0.1) is 0 Å². The Kier molecular flexibility index (Phi) is 5.89. The van der Waals surface area contributed by atoms with Gasteiger partial charge in [0.25, 0.3) is 15.9 Å². The van der Waals surface area contributed by atoms with Crippen LogP contribution in [0, 0.1) is 13.8 Å². The summed E-state index contributed by atoms with van der Waals surface area (Å²) < 4.78 is 32.9. The predicted molar refractivity (Wildman–Crippen MR) is 114 cm³/mol. The van der Waals surface area contributed by atoms with Crippen molar-refractivity contribution in [3.63, 3.8) is 0 Å². The maximum Gasteiger partial charge on any atom is 0.261 e. The minimum Gasteiger partial charge on any atom is -0.495 e. The fourth-order valence-corrected chi connectivity index (χ4v) is 3.87. The van der Waals surface area contributed by atoms with Crippen LogP contribution in [0.25, 0.3) is 0 Å². The largest absolute Gasteiger partial charge is 0.495 e. The molecule has 0 radical (unpaired) electrons. The van der Waals surface area contributed by atoms with Crippen molar-refractivity contribution in [2.24, 2.45) is 0 Å². The van der Waals surface area contributed by atoms with Crippen LogP contribution >= 0.6 is 0 Å². The highest BCUT2D eigenvalue weighted by atomic mass is 32.2. The average Bonchev–Trinajstić information content (AvgIpc) is 2.70. The van der Waals surface area contributed by atoms with E-state index in [1.54, 1.807) is 60.7 Å². The van der Waals surface area contributed by atoms with Gasteiger partial charge in [-0.25, -0.2) is 8.42 Å². The molecule has 0 aliphatic carbocycles. The number of nitrogens with one attached hydrogen (secondary N) is 2. The molecule has 150 valence electrons. The highest BCUT2D eigenvalue weighted by Gasteiger charge is 2.15. The van der Waals surface area contributed by atoms with E-state index < -0.39 is 10.0 Å². The molecule has 0 saturated carbocycles. The summed E-state index contributed by atoms with van der Waals surface area (Å²) in [5, 5.41) is 2.78. The minimum absolute atomic E-state index is 0.193. The lowest BCUT2D eigenvalue weighted by Crippen LogP contribution is -2.14. The van der Waals surface area contributed by atoms with Crippen LogP contribution < -0.4 is 14.8 Å². The maximum atomic E-state index is 12.6. The van der Waals surface area contributed by atoms with Crippen molar-refractivity contribution in [3.8, 4) is 5.75 Å². The molecule has 0 saturated heterocycles. The molecule has 0 unspecified atom stereocenters. The van der Waals surface area contributed by atoms with Gasteiger partial charge in [0.2, 0.25) is 0 Å². The summed E-state index contributed by atoms with van der Waals surface area (Å²) in [5.74, 6) is 0.233. The van der Waals surface area contributed by atoms with Crippen molar-refractivity contribution in [2.75, 3.05) is 17.1 Å². The SMILES string of the molecule is COc1ccccc1NC(=O)c1ccc(NS(=O)(=O)c2ccc(C)c(C)c2)cc1. The fourth-order valence-electron chi connectivity index (χ4n) is 2.73. The Hall–Kier alpha value is -3.32. The van der Waals surface area contributed by atoms with E-state index >= 15 is 0 Å². The standard InChI is InChI=1S/C22H22N2O4S/c1-15-8-13-19(14-16(15)2)29(26,27)24-18-11-9-17(10-12-18)22(25)23-20-6-4-5-7-21(20)28-3/h4-14,24H,1-3H3,(H,23,25). The number of benzene rings is 3. The van der Waals surface area contributed by atoms with E-state index in [-0.39, 0.29) is 10.8 Å². The Morgan fingerprint density at radius 2 is 1.59 bits per heavy atom. The van der Waals surface area contributed by atoms with Crippen LogP contribution in [0.5, 0.6) is 5.75 Å². The van der Waals surface area contributed by atoms with E-state index in [9.17, 15) is 13.2 Å². The molecule has 2 N–H and O–H groups in total. The zero-order valence-corrected chi connectivity index (χ0v) is 17.2. The number of sulfonamides is 1. The van der Waals surface area contributed by atoms with Gasteiger partial charge in [-0.05, 0) is 73.5 Å². The van der Waals surface area contributed by atoms with Crippen LogP contribution in [0.3, 0.4) is 0 Å². The lowest BCUT2D eigenvalue weighted by atomic mass is 10.1. The summed E-state index contributed by atoms with van der Waals surface area (Å²) >= 11 is 0. The molecular weight excluding hydrogens is 388 g/mol. The van der Waals surface area contributed by atoms with Gasteiger partial charge in [0.15, 0.2) is 0 Å². The van der Waals surface area contributed by atoms with Crippen LogP contribution in [0.4, 0.5) is 11.4 Å². The third kappa shape index (κ3) is 4.75. The zero-order chi connectivity index (χ0) is 21.0.